The molecule has 3 rings (SSSR count). The van der Waals surface area contributed by atoms with Crippen LogP contribution in [0.4, 0.5) is 10.2 Å². The average Bonchev–Trinajstić information content (AvgIpc) is 2.96. The summed E-state index contributed by atoms with van der Waals surface area (Å²) in [5, 5.41) is 23.0. The zero-order valence-electron chi connectivity index (χ0n) is 10.8. The van der Waals surface area contributed by atoms with Crippen LogP contribution in [0.15, 0.2) is 18.5 Å². The van der Waals surface area contributed by atoms with Crippen molar-refractivity contribution in [2.24, 2.45) is 0 Å². The Morgan fingerprint density at radius 2 is 2.30 bits per heavy atom. The fourth-order valence-electron chi connectivity index (χ4n) is 2.64. The van der Waals surface area contributed by atoms with Crippen molar-refractivity contribution in [3.63, 3.8) is 0 Å². The minimum atomic E-state index is -1.69. The number of hydrogen-bond donors (Lipinski definition) is 3. The Hall–Kier alpha value is -1.77. The number of hydrogen-bond acceptors (Lipinski definition) is 6. The molecule has 0 aromatic carbocycles. The van der Waals surface area contributed by atoms with Crippen molar-refractivity contribution in [3.8, 4) is 0 Å². The van der Waals surface area contributed by atoms with Gasteiger partial charge in [0.05, 0.1) is 12.3 Å². The van der Waals surface area contributed by atoms with Crippen LogP contribution in [0, 0.1) is 0 Å². The second-order valence-corrected chi connectivity index (χ2v) is 5.00. The molecule has 4 N–H and O–H groups in total. The van der Waals surface area contributed by atoms with E-state index < -0.39 is 30.6 Å². The zero-order chi connectivity index (χ0) is 14.5. The monoisotopic (exact) mass is 282 g/mol. The molecule has 20 heavy (non-hydrogen) atoms. The van der Waals surface area contributed by atoms with Crippen LogP contribution in [0.3, 0.4) is 0 Å². The topological polar surface area (TPSA) is 106 Å². The largest absolute Gasteiger partial charge is 0.394 e. The molecule has 0 unspecified atom stereocenters. The highest BCUT2D eigenvalue weighted by Gasteiger charge is 2.54. The predicted molar refractivity (Wildman–Crippen MR) is 67.6 cm³/mol. The van der Waals surface area contributed by atoms with Gasteiger partial charge in [-0.3, -0.25) is 0 Å². The summed E-state index contributed by atoms with van der Waals surface area (Å²) < 4.78 is 21.4. The summed E-state index contributed by atoms with van der Waals surface area (Å²) in [6.07, 6.45) is -2.79. The number of nitrogens with two attached hydrogens (primary N) is 1. The summed E-state index contributed by atoms with van der Waals surface area (Å²) in [5.74, 6) is 0.266. The maximum absolute atomic E-state index is 14.4. The van der Waals surface area contributed by atoms with Crippen LogP contribution >= 0.6 is 0 Å². The van der Waals surface area contributed by atoms with Gasteiger partial charge < -0.3 is 20.7 Å². The van der Waals surface area contributed by atoms with Gasteiger partial charge in [0.25, 0.3) is 0 Å². The average molecular weight is 282 g/mol. The van der Waals surface area contributed by atoms with Gasteiger partial charge >= 0.3 is 0 Å². The third kappa shape index (κ3) is 1.62. The van der Waals surface area contributed by atoms with E-state index in [9.17, 15) is 9.50 Å². The lowest BCUT2D eigenvalue weighted by molar-refractivity contribution is -0.0780. The third-order valence-electron chi connectivity index (χ3n) is 3.77. The van der Waals surface area contributed by atoms with E-state index in [1.165, 1.54) is 17.8 Å². The number of fused-ring (bicyclic) bond motifs is 1. The maximum atomic E-state index is 14.4. The number of alkyl halides is 1. The smallest absolute Gasteiger partial charge is 0.163 e. The molecule has 0 saturated carbocycles. The Bertz CT molecular complexity index is 649. The van der Waals surface area contributed by atoms with Gasteiger partial charge in [0.1, 0.15) is 29.7 Å². The van der Waals surface area contributed by atoms with Crippen molar-refractivity contribution in [2.75, 3.05) is 12.3 Å². The van der Waals surface area contributed by atoms with Crippen molar-refractivity contribution in [1.29, 1.82) is 0 Å². The summed E-state index contributed by atoms with van der Waals surface area (Å²) in [6.45, 7) is 1.05. The van der Waals surface area contributed by atoms with Gasteiger partial charge in [-0.1, -0.05) is 0 Å². The number of rotatable bonds is 2. The Morgan fingerprint density at radius 1 is 1.55 bits per heavy atom. The third-order valence-corrected chi connectivity index (χ3v) is 3.77. The predicted octanol–water partition coefficient (Wildman–Crippen LogP) is -0.383. The number of anilines is 1. The van der Waals surface area contributed by atoms with Crippen LogP contribution in [0.2, 0.25) is 0 Å². The van der Waals surface area contributed by atoms with Crippen molar-refractivity contribution in [3.05, 3.63) is 24.2 Å². The first-order chi connectivity index (χ1) is 9.49. The Labute approximate surface area is 113 Å². The van der Waals surface area contributed by atoms with Crippen molar-refractivity contribution in [1.82, 2.24) is 14.6 Å². The highest BCUT2D eigenvalue weighted by atomic mass is 19.1. The van der Waals surface area contributed by atoms with Crippen LogP contribution in [-0.4, -0.2) is 49.8 Å². The van der Waals surface area contributed by atoms with E-state index in [4.69, 9.17) is 15.6 Å². The fourth-order valence-corrected chi connectivity index (χ4v) is 2.64. The SMILES string of the molecule is C[C@@]1(c2ccc3c(N)ncnn23)O[C@H](CO)[C@@H](O)[C@H]1F. The summed E-state index contributed by atoms with van der Waals surface area (Å²) in [7, 11) is 0. The van der Waals surface area contributed by atoms with Crippen molar-refractivity contribution < 1.29 is 19.3 Å². The molecule has 0 amide bonds. The molecule has 8 heteroatoms. The van der Waals surface area contributed by atoms with Crippen LogP contribution in [0.5, 0.6) is 0 Å². The van der Waals surface area contributed by atoms with Crippen molar-refractivity contribution in [2.45, 2.75) is 30.9 Å². The molecular formula is C12H15FN4O3. The van der Waals surface area contributed by atoms with Gasteiger partial charge in [-0.25, -0.2) is 13.9 Å². The number of aliphatic hydroxyl groups excluding tert-OH is 2. The summed E-state index contributed by atoms with van der Waals surface area (Å²) in [4.78, 5) is 3.86. The summed E-state index contributed by atoms with van der Waals surface area (Å²) in [5.41, 5.74) is 5.25. The lowest BCUT2D eigenvalue weighted by Crippen LogP contribution is -2.36. The number of nitrogens with zero attached hydrogens (tertiary/aromatic N) is 3. The van der Waals surface area contributed by atoms with Gasteiger partial charge in [-0.05, 0) is 19.1 Å². The van der Waals surface area contributed by atoms with Crippen molar-refractivity contribution >= 4 is 11.3 Å². The number of nitrogen functional groups attached to an aromatic ring is 1. The Morgan fingerprint density at radius 3 is 2.95 bits per heavy atom. The molecule has 4 atom stereocenters. The normalized spacial score (nSPS) is 33.9. The molecule has 1 aliphatic heterocycles. The molecule has 1 fully saturated rings. The molecule has 0 aliphatic carbocycles. The molecule has 2 aromatic heterocycles. The Balaban J connectivity index is 2.13. The summed E-state index contributed by atoms with van der Waals surface area (Å²) in [6, 6.07) is 3.28. The number of aromatic nitrogens is 3. The van der Waals surface area contributed by atoms with E-state index >= 15 is 0 Å². The van der Waals surface area contributed by atoms with E-state index in [0.29, 0.717) is 11.2 Å². The minimum Gasteiger partial charge on any atom is -0.394 e. The molecule has 1 aliphatic rings. The van der Waals surface area contributed by atoms with E-state index in [0.717, 1.165) is 0 Å². The first-order valence-corrected chi connectivity index (χ1v) is 6.18. The first kappa shape index (κ1) is 13.2. The molecule has 0 spiro atoms. The van der Waals surface area contributed by atoms with E-state index in [-0.39, 0.29) is 5.82 Å². The second-order valence-electron chi connectivity index (χ2n) is 5.00. The van der Waals surface area contributed by atoms with Gasteiger partial charge in [-0.15, -0.1) is 0 Å². The van der Waals surface area contributed by atoms with Gasteiger partial charge in [0.15, 0.2) is 12.0 Å². The van der Waals surface area contributed by atoms with Crippen LogP contribution in [0.1, 0.15) is 12.6 Å². The highest BCUT2D eigenvalue weighted by Crippen LogP contribution is 2.41. The minimum absolute atomic E-state index is 0.266. The van der Waals surface area contributed by atoms with Crippen LogP contribution < -0.4 is 5.73 Å². The Kier molecular flexibility index (Phi) is 2.89. The maximum Gasteiger partial charge on any atom is 0.163 e. The summed E-state index contributed by atoms with van der Waals surface area (Å²) >= 11 is 0. The van der Waals surface area contributed by atoms with E-state index in [1.54, 1.807) is 12.1 Å². The lowest BCUT2D eigenvalue weighted by Gasteiger charge is -2.25. The molecule has 0 bridgehead atoms. The van der Waals surface area contributed by atoms with Gasteiger partial charge in [0, 0.05) is 0 Å². The number of ether oxygens (including phenoxy) is 1. The molecule has 7 nitrogen and oxygen atoms in total. The van der Waals surface area contributed by atoms with E-state index in [2.05, 4.69) is 10.1 Å². The van der Waals surface area contributed by atoms with Gasteiger partial charge in [0.2, 0.25) is 0 Å². The highest BCUT2D eigenvalue weighted by molar-refractivity contribution is 5.65. The fraction of sp³-hybridized carbons (Fsp3) is 0.500. The molecular weight excluding hydrogens is 267 g/mol. The quantitative estimate of drug-likeness (QED) is 0.693. The van der Waals surface area contributed by atoms with E-state index in [1.807, 2.05) is 0 Å². The molecule has 2 aromatic rings. The number of aliphatic hydroxyl groups is 2. The lowest BCUT2D eigenvalue weighted by atomic mass is 9.94. The molecule has 0 radical (unpaired) electrons. The number of halogens is 1. The zero-order valence-corrected chi connectivity index (χ0v) is 10.8. The standard InChI is InChI=1S/C12H15FN4O3/c1-12(10(13)9(19)7(4-18)20-12)8-3-2-6-11(14)15-5-16-17(6)8/h2-3,5,7,9-10,18-19H,4H2,1H3,(H2,14,15,16)/t7-,9-,10-,12+/m1/s1. The molecule has 108 valence electrons. The van der Waals surface area contributed by atoms with Crippen LogP contribution in [-0.2, 0) is 10.3 Å². The van der Waals surface area contributed by atoms with Gasteiger partial charge in [-0.2, -0.15) is 5.10 Å². The molecule has 1 saturated heterocycles. The first-order valence-electron chi connectivity index (χ1n) is 6.18. The molecule has 3 heterocycles. The second kappa shape index (κ2) is 4.37. The van der Waals surface area contributed by atoms with Crippen LogP contribution in [0.25, 0.3) is 5.52 Å².